The van der Waals surface area contributed by atoms with Gasteiger partial charge in [0.1, 0.15) is 39.9 Å². The number of carbonyl (C=O) groups excluding carboxylic acids is 1. The number of ether oxygens (including phenoxy) is 4. The number of benzene rings is 5. The predicted molar refractivity (Wildman–Crippen MR) is 214 cm³/mol. The Kier molecular flexibility index (Phi) is 10.5. The van der Waals surface area contributed by atoms with Crippen LogP contribution in [0.15, 0.2) is 97.1 Å². The summed E-state index contributed by atoms with van der Waals surface area (Å²) < 4.78 is 23.2. The maximum absolute atomic E-state index is 13.1. The van der Waals surface area contributed by atoms with Gasteiger partial charge in [0, 0.05) is 37.2 Å². The highest BCUT2D eigenvalue weighted by Crippen LogP contribution is 2.41. The Morgan fingerprint density at radius 3 is 2.42 bits per heavy atom. The summed E-state index contributed by atoms with van der Waals surface area (Å²) in [6.45, 7) is 9.58. The fraction of sp³-hybridized carbons (Fsp3) is 0.273. The van der Waals surface area contributed by atoms with Gasteiger partial charge in [0.25, 0.3) is 5.17 Å². The van der Waals surface area contributed by atoms with Crippen molar-refractivity contribution in [2.24, 2.45) is 0 Å². The van der Waals surface area contributed by atoms with Gasteiger partial charge in [0.15, 0.2) is 5.78 Å². The normalized spacial score (nSPS) is 16.1. The third-order valence-corrected chi connectivity index (χ3v) is 9.83. The molecule has 0 aliphatic carbocycles. The Balaban J connectivity index is 0.000000192. The van der Waals surface area contributed by atoms with E-state index in [-0.39, 0.29) is 23.5 Å². The van der Waals surface area contributed by atoms with Gasteiger partial charge in [-0.3, -0.25) is 4.79 Å². The van der Waals surface area contributed by atoms with Gasteiger partial charge in [-0.15, -0.1) is 0 Å². The molecular formula is C44H45NO7S. The standard InChI is InChI=1S/C25H28O6.C19H17NOS/c1-24(2)9-8-16-20(30-24)7-6-14(23(16)29-5)11-18(26)17-10-15-12-22(28)25(3,4)31-21(15)13-19(17)27;1-14-6-5-9-17(12-14)20(2)19(22)21-18-11-10-15-7-3-4-8-16(15)13-18/h6-10,13,22,27-28H,11-12H2,1-5H3;3-13H,1-2H3. The van der Waals surface area contributed by atoms with Gasteiger partial charge < -0.3 is 34.1 Å². The van der Waals surface area contributed by atoms with Crippen molar-refractivity contribution in [3.63, 3.8) is 0 Å². The Hall–Kier alpha value is -5.38. The van der Waals surface area contributed by atoms with Crippen LogP contribution in [0.3, 0.4) is 0 Å². The molecule has 1 unspecified atom stereocenters. The van der Waals surface area contributed by atoms with Gasteiger partial charge >= 0.3 is 0 Å². The Bertz CT molecular complexity index is 2220. The van der Waals surface area contributed by atoms with Crippen molar-refractivity contribution in [3.05, 3.63) is 125 Å². The van der Waals surface area contributed by atoms with Crippen LogP contribution in [0.25, 0.3) is 16.8 Å². The molecule has 1 atom stereocenters. The highest BCUT2D eigenvalue weighted by molar-refractivity contribution is 7.80. The quantitative estimate of drug-likeness (QED) is 0.131. The van der Waals surface area contributed by atoms with Crippen LogP contribution in [0.5, 0.6) is 28.7 Å². The molecule has 8 nitrogen and oxygen atoms in total. The van der Waals surface area contributed by atoms with E-state index in [1.165, 1.54) is 17.0 Å². The number of aliphatic hydroxyl groups is 1. The van der Waals surface area contributed by atoms with Crippen LogP contribution in [0.1, 0.15) is 60.3 Å². The number of fused-ring (bicyclic) bond motifs is 3. The molecule has 53 heavy (non-hydrogen) atoms. The van der Waals surface area contributed by atoms with E-state index >= 15 is 0 Å². The second-order valence-electron chi connectivity index (χ2n) is 14.5. The largest absolute Gasteiger partial charge is 0.507 e. The number of anilines is 1. The summed E-state index contributed by atoms with van der Waals surface area (Å²) >= 11 is 5.41. The van der Waals surface area contributed by atoms with Crippen LogP contribution < -0.4 is 23.8 Å². The molecule has 7 rings (SSSR count). The molecule has 2 heterocycles. The number of aliphatic hydroxyl groups excluding tert-OH is 1. The highest BCUT2D eigenvalue weighted by Gasteiger charge is 2.36. The van der Waals surface area contributed by atoms with Gasteiger partial charge in [-0.05, 0) is 117 Å². The number of phenols is 1. The number of aryl methyl sites for hydroxylation is 1. The van der Waals surface area contributed by atoms with Crippen LogP contribution in [0.4, 0.5) is 5.69 Å². The third-order valence-electron chi connectivity index (χ3n) is 9.47. The topological polar surface area (TPSA) is 97.7 Å². The number of aromatic hydroxyl groups is 1. The summed E-state index contributed by atoms with van der Waals surface area (Å²) in [7, 11) is 3.48. The SMILES string of the molecule is COc1c(CC(=O)c2cc3c(cc2O)OC(C)(C)C(O)C3)ccc2c1C=CC(C)(C)O2.Cc1cccc(N(C)C(=S)Oc2ccc3ccccc3c2)c1. The van der Waals surface area contributed by atoms with Crippen LogP contribution in [0.2, 0.25) is 0 Å². The number of phenolic OH excluding ortho intramolecular Hbond substituents is 1. The number of carbonyl (C=O) groups is 1. The van der Waals surface area contributed by atoms with E-state index in [0.717, 1.165) is 22.4 Å². The van der Waals surface area contributed by atoms with Gasteiger partial charge in [0.2, 0.25) is 0 Å². The summed E-state index contributed by atoms with van der Waals surface area (Å²) in [4.78, 5) is 15.0. The zero-order chi connectivity index (χ0) is 38.1. The van der Waals surface area contributed by atoms with E-state index in [4.69, 9.17) is 31.2 Å². The molecule has 2 aliphatic heterocycles. The molecule has 9 heteroatoms. The molecule has 274 valence electrons. The number of nitrogens with zero attached hydrogens (tertiary/aromatic N) is 1. The van der Waals surface area contributed by atoms with Gasteiger partial charge in [-0.25, -0.2) is 0 Å². The summed E-state index contributed by atoms with van der Waals surface area (Å²) in [5, 5.41) is 23.6. The number of methoxy groups -OCH3 is 1. The maximum Gasteiger partial charge on any atom is 0.269 e. The van der Waals surface area contributed by atoms with Crippen molar-refractivity contribution in [2.75, 3.05) is 19.1 Å². The molecule has 0 radical (unpaired) electrons. The number of rotatable bonds is 6. The van der Waals surface area contributed by atoms with E-state index in [9.17, 15) is 15.0 Å². The third kappa shape index (κ3) is 8.32. The Morgan fingerprint density at radius 2 is 1.68 bits per heavy atom. The lowest BCUT2D eigenvalue weighted by molar-refractivity contribution is -0.0412. The lowest BCUT2D eigenvalue weighted by atomic mass is 9.89. The van der Waals surface area contributed by atoms with Gasteiger partial charge in [0.05, 0.1) is 24.3 Å². The number of hydrogen-bond donors (Lipinski definition) is 2. The number of thiocarbonyl (C=S) groups is 1. The molecule has 2 N–H and O–H groups in total. The number of ketones is 1. The minimum atomic E-state index is -0.758. The van der Waals surface area contributed by atoms with Crippen molar-refractivity contribution in [1.29, 1.82) is 0 Å². The van der Waals surface area contributed by atoms with E-state index in [2.05, 4.69) is 31.2 Å². The first-order valence-electron chi connectivity index (χ1n) is 17.5. The summed E-state index contributed by atoms with van der Waals surface area (Å²) in [5.41, 5.74) is 3.43. The second kappa shape index (κ2) is 14.9. The van der Waals surface area contributed by atoms with Crippen molar-refractivity contribution in [1.82, 2.24) is 0 Å². The first kappa shape index (κ1) is 37.4. The molecule has 0 amide bonds. The van der Waals surface area contributed by atoms with Crippen LogP contribution >= 0.6 is 12.2 Å². The van der Waals surface area contributed by atoms with Crippen LogP contribution in [0, 0.1) is 6.92 Å². The molecule has 0 saturated heterocycles. The molecule has 0 bridgehead atoms. The molecule has 2 aliphatic rings. The summed E-state index contributed by atoms with van der Waals surface area (Å²) in [6, 6.07) is 29.1. The monoisotopic (exact) mass is 731 g/mol. The van der Waals surface area contributed by atoms with E-state index in [0.29, 0.717) is 40.0 Å². The number of Topliss-reactive ketones (excluding diaryl/α,β-unsaturated/α-hetero) is 1. The molecule has 5 aromatic rings. The van der Waals surface area contributed by atoms with Crippen LogP contribution in [-0.4, -0.2) is 52.6 Å². The van der Waals surface area contributed by atoms with Crippen molar-refractivity contribution < 1.29 is 34.0 Å². The van der Waals surface area contributed by atoms with E-state index < -0.39 is 17.3 Å². The fourth-order valence-corrected chi connectivity index (χ4v) is 6.56. The molecule has 0 saturated carbocycles. The lowest BCUT2D eigenvalue weighted by Crippen LogP contribution is -2.46. The number of hydrogen-bond acceptors (Lipinski definition) is 8. The Morgan fingerprint density at radius 1 is 0.925 bits per heavy atom. The molecule has 0 spiro atoms. The molecular weight excluding hydrogens is 687 g/mol. The van der Waals surface area contributed by atoms with Crippen molar-refractivity contribution >= 4 is 45.7 Å². The minimum absolute atomic E-state index is 0.0505. The maximum atomic E-state index is 13.1. The average molecular weight is 732 g/mol. The van der Waals surface area contributed by atoms with Crippen molar-refractivity contribution in [2.45, 2.75) is 64.8 Å². The fourth-order valence-electron chi connectivity index (χ4n) is 6.36. The van der Waals surface area contributed by atoms with Crippen molar-refractivity contribution in [3.8, 4) is 28.7 Å². The first-order chi connectivity index (χ1) is 25.1. The van der Waals surface area contributed by atoms with Gasteiger partial charge in [-0.2, -0.15) is 0 Å². The zero-order valence-corrected chi connectivity index (χ0v) is 31.9. The molecule has 0 aromatic heterocycles. The highest BCUT2D eigenvalue weighted by atomic mass is 32.1. The Labute approximate surface area is 316 Å². The second-order valence-corrected chi connectivity index (χ2v) is 14.8. The van der Waals surface area contributed by atoms with Crippen LogP contribution in [-0.2, 0) is 12.8 Å². The minimum Gasteiger partial charge on any atom is -0.507 e. The summed E-state index contributed by atoms with van der Waals surface area (Å²) in [5.74, 6) is 2.13. The average Bonchev–Trinajstić information content (AvgIpc) is 3.11. The summed E-state index contributed by atoms with van der Waals surface area (Å²) in [6.07, 6.45) is 3.59. The van der Waals surface area contributed by atoms with Gasteiger partial charge in [-0.1, -0.05) is 48.5 Å². The zero-order valence-electron chi connectivity index (χ0n) is 31.1. The lowest BCUT2D eigenvalue weighted by Gasteiger charge is -2.37. The van der Waals surface area contributed by atoms with E-state index in [1.807, 2.05) is 92.5 Å². The first-order valence-corrected chi connectivity index (χ1v) is 17.9. The smallest absolute Gasteiger partial charge is 0.269 e. The molecule has 5 aromatic carbocycles. The van der Waals surface area contributed by atoms with E-state index in [1.54, 1.807) is 27.0 Å². The predicted octanol–water partition coefficient (Wildman–Crippen LogP) is 9.03. The molecule has 0 fully saturated rings.